The van der Waals surface area contributed by atoms with Gasteiger partial charge in [-0.05, 0) is 31.7 Å². The van der Waals surface area contributed by atoms with Crippen molar-refractivity contribution in [3.8, 4) is 17.2 Å². The van der Waals surface area contributed by atoms with Gasteiger partial charge in [0.15, 0.2) is 5.78 Å². The van der Waals surface area contributed by atoms with Crippen LogP contribution in [0.15, 0.2) is 18.2 Å². The first kappa shape index (κ1) is 25.0. The normalized spacial score (nSPS) is 25.7. The van der Waals surface area contributed by atoms with Gasteiger partial charge in [-0.25, -0.2) is 0 Å². The minimum Gasteiger partial charge on any atom is -0.507 e. The van der Waals surface area contributed by atoms with Gasteiger partial charge in [-0.15, -0.1) is 0 Å². The summed E-state index contributed by atoms with van der Waals surface area (Å²) in [6, 6.07) is 4.21. The Labute approximate surface area is 200 Å². The molecule has 0 radical (unpaired) electrons. The molecule has 2 aliphatic rings. The standard InChI is InChI=1S/C24H27NO10/c1-9-4-11-17(19(28)13(9)7-25-2)21(30)16-12(18(11)27)5-10(33-3)6-14(16)34-24-23(32)22(31)20(29)15(8-26)35-24/h4-6,15,20,22-26,28-29,31-32H,7-8H2,1-3H3/t15-,20-,22+,23-,24-/m1/s1. The fourth-order valence-corrected chi connectivity index (χ4v) is 4.42. The fraction of sp³-hybridized carbons (Fsp3) is 0.417. The Morgan fingerprint density at radius 2 is 1.69 bits per heavy atom. The molecular formula is C24H27NO10. The molecule has 0 spiro atoms. The Morgan fingerprint density at radius 3 is 2.31 bits per heavy atom. The summed E-state index contributed by atoms with van der Waals surface area (Å²) >= 11 is 0. The fourth-order valence-electron chi connectivity index (χ4n) is 4.42. The Balaban J connectivity index is 1.84. The van der Waals surface area contributed by atoms with Crippen molar-refractivity contribution in [3.05, 3.63) is 51.6 Å². The van der Waals surface area contributed by atoms with Crippen LogP contribution < -0.4 is 14.8 Å². The van der Waals surface area contributed by atoms with E-state index in [2.05, 4.69) is 5.32 Å². The van der Waals surface area contributed by atoms with Gasteiger partial charge in [0.2, 0.25) is 12.1 Å². The summed E-state index contributed by atoms with van der Waals surface area (Å²) < 4.78 is 16.4. The third-order valence-corrected chi connectivity index (χ3v) is 6.33. The highest BCUT2D eigenvalue weighted by Crippen LogP contribution is 2.42. The number of nitrogens with one attached hydrogen (secondary N) is 1. The van der Waals surface area contributed by atoms with Crippen molar-refractivity contribution < 1.29 is 49.3 Å². The summed E-state index contributed by atoms with van der Waals surface area (Å²) in [7, 11) is 3.03. The number of phenols is 1. The number of hydrogen-bond donors (Lipinski definition) is 6. The van der Waals surface area contributed by atoms with E-state index in [9.17, 15) is 35.1 Å². The van der Waals surface area contributed by atoms with Crippen LogP contribution in [-0.4, -0.2) is 88.6 Å². The van der Waals surface area contributed by atoms with Crippen molar-refractivity contribution in [1.82, 2.24) is 5.32 Å². The zero-order valence-electron chi connectivity index (χ0n) is 19.3. The maximum atomic E-state index is 13.6. The van der Waals surface area contributed by atoms with Gasteiger partial charge in [0.05, 0.1) is 24.8 Å². The number of phenolic OH excluding ortho intramolecular Hbond substituents is 1. The monoisotopic (exact) mass is 489 g/mol. The molecule has 1 saturated heterocycles. The lowest BCUT2D eigenvalue weighted by Crippen LogP contribution is -2.60. The topological polar surface area (TPSA) is 175 Å². The number of methoxy groups -OCH3 is 1. The minimum absolute atomic E-state index is 0.0318. The second kappa shape index (κ2) is 9.53. The number of carbonyl (C=O) groups excluding carboxylic acids is 2. The van der Waals surface area contributed by atoms with Crippen LogP contribution in [0.4, 0.5) is 0 Å². The smallest absolute Gasteiger partial charge is 0.229 e. The Hall–Kier alpha value is -3.06. The highest BCUT2D eigenvalue weighted by molar-refractivity contribution is 6.30. The summed E-state index contributed by atoms with van der Waals surface area (Å²) in [6.45, 7) is 1.31. The van der Waals surface area contributed by atoms with Crippen LogP contribution in [0.2, 0.25) is 0 Å². The Morgan fingerprint density at radius 1 is 1.00 bits per heavy atom. The van der Waals surface area contributed by atoms with Gasteiger partial charge in [-0.1, -0.05) is 0 Å². The van der Waals surface area contributed by atoms with Crippen molar-refractivity contribution in [1.29, 1.82) is 0 Å². The second-order valence-electron chi connectivity index (χ2n) is 8.49. The molecule has 0 aromatic heterocycles. The van der Waals surface area contributed by atoms with Crippen molar-refractivity contribution in [2.45, 2.75) is 44.2 Å². The zero-order valence-corrected chi connectivity index (χ0v) is 19.3. The number of aliphatic hydroxyl groups is 4. The third kappa shape index (κ3) is 4.05. The molecule has 0 saturated carbocycles. The first-order valence-electron chi connectivity index (χ1n) is 10.9. The van der Waals surface area contributed by atoms with Gasteiger partial charge in [-0.3, -0.25) is 9.59 Å². The molecule has 4 rings (SSSR count). The minimum atomic E-state index is -1.74. The van der Waals surface area contributed by atoms with Gasteiger partial charge < -0.3 is 45.1 Å². The molecular weight excluding hydrogens is 462 g/mol. The van der Waals surface area contributed by atoms with Crippen LogP contribution in [0.25, 0.3) is 0 Å². The predicted molar refractivity (Wildman–Crippen MR) is 120 cm³/mol. The number of benzene rings is 2. The summed E-state index contributed by atoms with van der Waals surface area (Å²) in [5.74, 6) is -1.59. The second-order valence-corrected chi connectivity index (χ2v) is 8.49. The number of carbonyl (C=O) groups is 2. The number of ether oxygens (including phenoxy) is 3. The molecule has 1 aliphatic carbocycles. The van der Waals surface area contributed by atoms with Crippen molar-refractivity contribution >= 4 is 11.6 Å². The summed E-state index contributed by atoms with van der Waals surface area (Å²) in [5.41, 5.74) is 0.713. The lowest BCUT2D eigenvalue weighted by Gasteiger charge is -2.39. The molecule has 1 aliphatic heterocycles. The first-order chi connectivity index (χ1) is 16.6. The van der Waals surface area contributed by atoms with Crippen molar-refractivity contribution in [3.63, 3.8) is 0 Å². The highest BCUT2D eigenvalue weighted by Gasteiger charge is 2.46. The van der Waals surface area contributed by atoms with Crippen LogP contribution in [-0.2, 0) is 11.3 Å². The van der Waals surface area contributed by atoms with Crippen LogP contribution in [0, 0.1) is 6.92 Å². The van der Waals surface area contributed by atoms with Gasteiger partial charge >= 0.3 is 0 Å². The molecule has 188 valence electrons. The average Bonchev–Trinajstić information content (AvgIpc) is 2.84. The summed E-state index contributed by atoms with van der Waals surface area (Å²) in [5, 5.41) is 53.8. The maximum absolute atomic E-state index is 13.6. The summed E-state index contributed by atoms with van der Waals surface area (Å²) in [6.07, 6.45) is -7.89. The third-order valence-electron chi connectivity index (χ3n) is 6.33. The molecule has 0 bridgehead atoms. The average molecular weight is 489 g/mol. The van der Waals surface area contributed by atoms with E-state index in [-0.39, 0.29) is 46.0 Å². The number of aryl methyl sites for hydroxylation is 1. The summed E-state index contributed by atoms with van der Waals surface area (Å²) in [4.78, 5) is 27.1. The zero-order chi connectivity index (χ0) is 25.6. The SMILES string of the molecule is CNCc1c(C)cc2c(c1O)C(=O)c1c(O[C@@H]3O[C@H](CO)[C@@H](O)[C@H](O)[C@H]3O)cc(OC)cc1C2=O. The molecule has 6 N–H and O–H groups in total. The van der Waals surface area contributed by atoms with E-state index in [1.807, 2.05) is 0 Å². The Kier molecular flexibility index (Phi) is 6.82. The van der Waals surface area contributed by atoms with E-state index in [4.69, 9.17) is 14.2 Å². The van der Waals surface area contributed by atoms with Crippen LogP contribution in [0.5, 0.6) is 17.2 Å². The number of aliphatic hydroxyl groups excluding tert-OH is 4. The molecule has 11 heteroatoms. The maximum Gasteiger partial charge on any atom is 0.229 e. The lowest BCUT2D eigenvalue weighted by molar-refractivity contribution is -0.277. The van der Waals surface area contributed by atoms with E-state index >= 15 is 0 Å². The molecule has 1 fully saturated rings. The molecule has 0 unspecified atom stereocenters. The van der Waals surface area contributed by atoms with Gasteiger partial charge in [0.25, 0.3) is 0 Å². The van der Waals surface area contributed by atoms with Crippen molar-refractivity contribution in [2.75, 3.05) is 20.8 Å². The quantitative estimate of drug-likeness (QED) is 0.260. The first-order valence-corrected chi connectivity index (χ1v) is 10.9. The van der Waals surface area contributed by atoms with E-state index < -0.39 is 48.9 Å². The lowest BCUT2D eigenvalue weighted by atomic mass is 9.81. The number of hydrogen-bond acceptors (Lipinski definition) is 11. The van der Waals surface area contributed by atoms with Crippen LogP contribution in [0.1, 0.15) is 43.0 Å². The molecule has 11 nitrogen and oxygen atoms in total. The van der Waals surface area contributed by atoms with E-state index in [1.165, 1.54) is 19.2 Å². The number of fused-ring (bicyclic) bond motifs is 2. The molecule has 2 aromatic carbocycles. The van der Waals surface area contributed by atoms with Crippen LogP contribution in [0.3, 0.4) is 0 Å². The van der Waals surface area contributed by atoms with Gasteiger partial charge in [0.1, 0.15) is 41.7 Å². The number of rotatable bonds is 6. The Bertz CT molecular complexity index is 1180. The molecule has 5 atom stereocenters. The van der Waals surface area contributed by atoms with Crippen molar-refractivity contribution in [2.24, 2.45) is 0 Å². The van der Waals surface area contributed by atoms with E-state index in [0.717, 1.165) is 0 Å². The highest BCUT2D eigenvalue weighted by atomic mass is 16.7. The number of ketones is 2. The van der Waals surface area contributed by atoms with Gasteiger partial charge in [-0.2, -0.15) is 0 Å². The van der Waals surface area contributed by atoms with Gasteiger partial charge in [0, 0.05) is 29.3 Å². The largest absolute Gasteiger partial charge is 0.507 e. The molecule has 1 heterocycles. The molecule has 0 amide bonds. The van der Waals surface area contributed by atoms with E-state index in [1.54, 1.807) is 20.0 Å². The molecule has 35 heavy (non-hydrogen) atoms. The molecule has 2 aromatic rings. The number of aromatic hydroxyl groups is 1. The van der Waals surface area contributed by atoms with E-state index in [0.29, 0.717) is 11.1 Å². The van der Waals surface area contributed by atoms with Crippen LogP contribution >= 0.6 is 0 Å². The predicted octanol–water partition coefficient (Wildman–Crippen LogP) is -0.617.